The highest BCUT2D eigenvalue weighted by atomic mass is 16.4. The zero-order valence-corrected chi connectivity index (χ0v) is 11.2. The first-order valence-electron chi connectivity index (χ1n) is 6.10. The fraction of sp³-hybridized carbons (Fsp3) is 0.583. The number of carbonyl (C=O) groups is 2. The first-order valence-corrected chi connectivity index (χ1v) is 6.10. The molecule has 3 N–H and O–H groups in total. The van der Waals surface area contributed by atoms with Gasteiger partial charge in [-0.05, 0) is 20.8 Å². The van der Waals surface area contributed by atoms with E-state index in [1.807, 2.05) is 20.8 Å². The van der Waals surface area contributed by atoms with Crippen molar-refractivity contribution in [3.8, 4) is 0 Å². The Bertz CT molecular complexity index is 503. The SMILES string of the molecule is CC(C)(C)NC(=O)N1Cc2[nH]cnc2CC1C(=O)O. The Morgan fingerprint density at radius 3 is 2.79 bits per heavy atom. The van der Waals surface area contributed by atoms with Crippen LogP contribution in [0.1, 0.15) is 32.2 Å². The Hall–Kier alpha value is -2.05. The maximum Gasteiger partial charge on any atom is 0.326 e. The van der Waals surface area contributed by atoms with Crippen LogP contribution in [0.2, 0.25) is 0 Å². The van der Waals surface area contributed by atoms with Crippen LogP contribution in [-0.2, 0) is 17.8 Å². The maximum absolute atomic E-state index is 12.2. The van der Waals surface area contributed by atoms with Crippen LogP contribution in [0.3, 0.4) is 0 Å². The van der Waals surface area contributed by atoms with Gasteiger partial charge in [0.1, 0.15) is 6.04 Å². The van der Waals surface area contributed by atoms with Gasteiger partial charge >= 0.3 is 12.0 Å². The van der Waals surface area contributed by atoms with Crippen LogP contribution in [0.25, 0.3) is 0 Å². The Morgan fingerprint density at radius 2 is 2.21 bits per heavy atom. The molecular formula is C12H18N4O3. The fourth-order valence-electron chi connectivity index (χ4n) is 2.06. The van der Waals surface area contributed by atoms with E-state index >= 15 is 0 Å². The van der Waals surface area contributed by atoms with Gasteiger partial charge in [-0.25, -0.2) is 14.6 Å². The Labute approximate surface area is 111 Å². The molecule has 19 heavy (non-hydrogen) atoms. The predicted molar refractivity (Wildman–Crippen MR) is 67.5 cm³/mol. The molecule has 0 aromatic carbocycles. The minimum Gasteiger partial charge on any atom is -0.480 e. The second-order valence-electron chi connectivity index (χ2n) is 5.69. The van der Waals surface area contributed by atoms with E-state index in [-0.39, 0.29) is 19.0 Å². The number of hydrogen-bond acceptors (Lipinski definition) is 3. The summed E-state index contributed by atoms with van der Waals surface area (Å²) >= 11 is 0. The topological polar surface area (TPSA) is 98.3 Å². The normalized spacial score (nSPS) is 18.9. The van der Waals surface area contributed by atoms with Gasteiger partial charge in [-0.3, -0.25) is 0 Å². The monoisotopic (exact) mass is 266 g/mol. The van der Waals surface area contributed by atoms with Crippen molar-refractivity contribution >= 4 is 12.0 Å². The zero-order valence-electron chi connectivity index (χ0n) is 11.2. The summed E-state index contributed by atoms with van der Waals surface area (Å²) < 4.78 is 0. The zero-order chi connectivity index (χ0) is 14.2. The van der Waals surface area contributed by atoms with Crippen LogP contribution in [0.15, 0.2) is 6.33 Å². The second kappa shape index (κ2) is 4.56. The van der Waals surface area contributed by atoms with Crippen molar-refractivity contribution in [3.63, 3.8) is 0 Å². The third kappa shape index (κ3) is 2.86. The van der Waals surface area contributed by atoms with E-state index in [9.17, 15) is 14.7 Å². The molecule has 0 spiro atoms. The van der Waals surface area contributed by atoms with Crippen molar-refractivity contribution in [2.45, 2.75) is 45.3 Å². The van der Waals surface area contributed by atoms with Gasteiger partial charge in [0.15, 0.2) is 0 Å². The molecule has 0 fully saturated rings. The number of hydrogen-bond donors (Lipinski definition) is 3. The van der Waals surface area contributed by atoms with E-state index in [4.69, 9.17) is 0 Å². The highest BCUT2D eigenvalue weighted by molar-refractivity contribution is 5.83. The number of aromatic amines is 1. The molecule has 0 saturated carbocycles. The van der Waals surface area contributed by atoms with E-state index in [0.29, 0.717) is 5.69 Å². The highest BCUT2D eigenvalue weighted by Gasteiger charge is 2.36. The van der Waals surface area contributed by atoms with Gasteiger partial charge in [-0.15, -0.1) is 0 Å². The smallest absolute Gasteiger partial charge is 0.326 e. The largest absolute Gasteiger partial charge is 0.480 e. The minimum atomic E-state index is -1.02. The number of aromatic nitrogens is 2. The van der Waals surface area contributed by atoms with Crippen molar-refractivity contribution < 1.29 is 14.7 Å². The Balaban J connectivity index is 2.22. The van der Waals surface area contributed by atoms with Gasteiger partial charge in [-0.2, -0.15) is 0 Å². The van der Waals surface area contributed by atoms with Crippen molar-refractivity contribution in [1.82, 2.24) is 20.2 Å². The summed E-state index contributed by atoms with van der Waals surface area (Å²) in [4.78, 5) is 31.8. The molecule has 1 unspecified atom stereocenters. The lowest BCUT2D eigenvalue weighted by molar-refractivity contribution is -0.142. The van der Waals surface area contributed by atoms with Crippen LogP contribution in [0.4, 0.5) is 4.79 Å². The summed E-state index contributed by atoms with van der Waals surface area (Å²) in [6.07, 6.45) is 1.75. The molecule has 104 valence electrons. The summed E-state index contributed by atoms with van der Waals surface area (Å²) in [6.45, 7) is 5.79. The van der Waals surface area contributed by atoms with E-state index in [2.05, 4.69) is 15.3 Å². The third-order valence-electron chi connectivity index (χ3n) is 2.93. The number of nitrogens with zero attached hydrogens (tertiary/aromatic N) is 2. The van der Waals surface area contributed by atoms with E-state index in [1.54, 1.807) is 0 Å². The van der Waals surface area contributed by atoms with Crippen LogP contribution < -0.4 is 5.32 Å². The van der Waals surface area contributed by atoms with Crippen molar-refractivity contribution in [1.29, 1.82) is 0 Å². The van der Waals surface area contributed by atoms with Crippen LogP contribution in [-0.4, -0.2) is 43.6 Å². The van der Waals surface area contributed by atoms with Crippen molar-refractivity contribution in [2.75, 3.05) is 0 Å². The summed E-state index contributed by atoms with van der Waals surface area (Å²) in [6, 6.07) is -1.25. The first kappa shape index (κ1) is 13.4. The summed E-state index contributed by atoms with van der Waals surface area (Å²) in [7, 11) is 0. The first-order chi connectivity index (χ1) is 8.78. The summed E-state index contributed by atoms with van der Waals surface area (Å²) in [5.41, 5.74) is 1.10. The molecule has 1 aromatic rings. The minimum absolute atomic E-state index is 0.228. The number of carboxylic acids is 1. The van der Waals surface area contributed by atoms with E-state index in [1.165, 1.54) is 11.2 Å². The molecule has 7 nitrogen and oxygen atoms in total. The molecule has 0 radical (unpaired) electrons. The number of H-pyrrole nitrogens is 1. The second-order valence-corrected chi connectivity index (χ2v) is 5.69. The fourth-order valence-corrected chi connectivity index (χ4v) is 2.06. The number of rotatable bonds is 1. The molecule has 0 saturated heterocycles. The number of aliphatic carboxylic acids is 1. The van der Waals surface area contributed by atoms with E-state index in [0.717, 1.165) is 5.69 Å². The molecule has 7 heteroatoms. The molecular weight excluding hydrogens is 248 g/mol. The van der Waals surface area contributed by atoms with Crippen LogP contribution in [0.5, 0.6) is 0 Å². The number of imidazole rings is 1. The molecule has 0 bridgehead atoms. The lowest BCUT2D eigenvalue weighted by Gasteiger charge is -2.34. The van der Waals surface area contributed by atoms with E-state index < -0.39 is 17.6 Å². The quantitative estimate of drug-likeness (QED) is 0.697. The number of nitrogens with one attached hydrogen (secondary N) is 2. The lowest BCUT2D eigenvalue weighted by Crippen LogP contribution is -2.55. The molecule has 2 heterocycles. The number of fused-ring (bicyclic) bond motifs is 1. The number of urea groups is 1. The average molecular weight is 266 g/mol. The molecule has 1 aliphatic rings. The van der Waals surface area contributed by atoms with Crippen LogP contribution in [0, 0.1) is 0 Å². The highest BCUT2D eigenvalue weighted by Crippen LogP contribution is 2.21. The van der Waals surface area contributed by atoms with Crippen molar-refractivity contribution in [3.05, 3.63) is 17.7 Å². The van der Waals surface area contributed by atoms with Gasteiger partial charge < -0.3 is 20.3 Å². The van der Waals surface area contributed by atoms with Gasteiger partial charge in [0.05, 0.1) is 24.3 Å². The van der Waals surface area contributed by atoms with Gasteiger partial charge in [0.25, 0.3) is 0 Å². The van der Waals surface area contributed by atoms with Crippen molar-refractivity contribution in [2.24, 2.45) is 0 Å². The van der Waals surface area contributed by atoms with Gasteiger partial charge in [0.2, 0.25) is 0 Å². The van der Waals surface area contributed by atoms with Gasteiger partial charge in [-0.1, -0.05) is 0 Å². The standard InChI is InChI=1S/C12H18N4O3/c1-12(2,3)15-11(19)16-5-8-7(13-6-14-8)4-9(16)10(17)18/h6,9H,4-5H2,1-3H3,(H,13,14)(H,15,19)(H,17,18). The average Bonchev–Trinajstić information content (AvgIpc) is 2.71. The number of carbonyl (C=O) groups excluding carboxylic acids is 1. The molecule has 1 aliphatic heterocycles. The number of carboxylic acid groups (broad SMARTS) is 1. The third-order valence-corrected chi connectivity index (χ3v) is 2.93. The molecule has 1 atom stereocenters. The molecule has 1 aromatic heterocycles. The lowest BCUT2D eigenvalue weighted by atomic mass is 10.0. The molecule has 0 aliphatic carbocycles. The molecule has 2 rings (SSSR count). The van der Waals surface area contributed by atoms with Gasteiger partial charge in [0, 0.05) is 12.0 Å². The summed E-state index contributed by atoms with van der Waals surface area (Å²) in [5.74, 6) is -1.02. The molecule has 2 amide bonds. The summed E-state index contributed by atoms with van der Waals surface area (Å²) in [5, 5.41) is 12.0. The van der Waals surface area contributed by atoms with Crippen LogP contribution >= 0.6 is 0 Å². The number of amides is 2. The Kier molecular flexibility index (Phi) is 3.21. The predicted octanol–water partition coefficient (Wildman–Crippen LogP) is 0.729. The maximum atomic E-state index is 12.2. The Morgan fingerprint density at radius 1 is 1.53 bits per heavy atom.